The van der Waals surface area contributed by atoms with Crippen LogP contribution in [0.2, 0.25) is 0 Å². The first-order valence-electron chi connectivity index (χ1n) is 13.2. The molecular formula is C22H43N7O11. The van der Waals surface area contributed by atoms with Gasteiger partial charge in [0, 0.05) is 12.1 Å². The molecule has 3 saturated heterocycles. The van der Waals surface area contributed by atoms with Crippen LogP contribution >= 0.6 is 0 Å². The topological polar surface area (TPSA) is 322 Å². The van der Waals surface area contributed by atoms with Crippen LogP contribution < -0.4 is 34.0 Å². The summed E-state index contributed by atoms with van der Waals surface area (Å²) in [5, 5.41) is 65.7. The van der Waals surface area contributed by atoms with Gasteiger partial charge in [0.1, 0.15) is 48.8 Å². The molecule has 0 amide bonds. The number of ether oxygens (including phenoxy) is 5. The number of nitrogens with one attached hydrogen (secondary N) is 1. The van der Waals surface area contributed by atoms with Crippen LogP contribution in [0.4, 0.5) is 0 Å². The highest BCUT2D eigenvalue weighted by Gasteiger charge is 2.54. The molecule has 0 aromatic heterocycles. The largest absolute Gasteiger partial charge is 0.394 e. The van der Waals surface area contributed by atoms with Crippen molar-refractivity contribution < 1.29 is 54.3 Å². The van der Waals surface area contributed by atoms with Gasteiger partial charge in [-0.2, -0.15) is 0 Å². The Kier molecular flexibility index (Phi) is 10.2. The van der Waals surface area contributed by atoms with Crippen LogP contribution in [0.5, 0.6) is 0 Å². The minimum Gasteiger partial charge on any atom is -0.394 e. The number of rotatable bonds is 7. The Bertz CT molecular complexity index is 871. The SMILES string of the molecule is CNC1C(O[C@H]2OC(CO)[C@@H](N=C(N)N)C(O)C2O)O[C@H]2CC(N)[C@@H](O[C@@H]3C(N)C[C@@H](N)[C@@H](O)C3O)OC2C1O. The molecule has 4 rings (SSSR count). The molecule has 4 aliphatic rings. The predicted octanol–water partition coefficient (Wildman–Crippen LogP) is -7.63. The lowest BCUT2D eigenvalue weighted by Gasteiger charge is -2.51. The van der Waals surface area contributed by atoms with E-state index in [-0.39, 0.29) is 18.8 Å². The molecule has 232 valence electrons. The van der Waals surface area contributed by atoms with Gasteiger partial charge in [-0.05, 0) is 19.9 Å². The molecule has 0 aromatic carbocycles. The number of hydrogen-bond acceptors (Lipinski definition) is 16. The summed E-state index contributed by atoms with van der Waals surface area (Å²) in [4.78, 5) is 3.83. The number of hydrogen-bond donors (Lipinski definition) is 12. The summed E-state index contributed by atoms with van der Waals surface area (Å²) in [5.41, 5.74) is 29.0. The van der Waals surface area contributed by atoms with E-state index in [9.17, 15) is 30.6 Å². The molecule has 18 heteroatoms. The Morgan fingerprint density at radius 3 is 2.12 bits per heavy atom. The molecule has 1 saturated carbocycles. The molecule has 0 aromatic rings. The smallest absolute Gasteiger partial charge is 0.189 e. The summed E-state index contributed by atoms with van der Waals surface area (Å²) in [6.07, 6.45) is -14.4. The van der Waals surface area contributed by atoms with Crippen molar-refractivity contribution in [2.45, 2.75) is 117 Å². The zero-order chi connectivity index (χ0) is 29.5. The Labute approximate surface area is 230 Å². The summed E-state index contributed by atoms with van der Waals surface area (Å²) < 4.78 is 29.4. The van der Waals surface area contributed by atoms with Gasteiger partial charge >= 0.3 is 0 Å². The number of likely N-dealkylation sites (N-methyl/N-ethyl adjacent to an activating group) is 1. The second kappa shape index (κ2) is 12.9. The highest BCUT2D eigenvalue weighted by molar-refractivity contribution is 5.76. The molecule has 17 atom stereocenters. The molecular weight excluding hydrogens is 538 g/mol. The third-order valence-electron chi connectivity index (χ3n) is 7.95. The number of nitrogens with two attached hydrogens (primary N) is 5. The summed E-state index contributed by atoms with van der Waals surface area (Å²) in [5.74, 6) is -0.367. The number of aliphatic imine (C=N–C) groups is 1. The maximum absolute atomic E-state index is 11.2. The Morgan fingerprint density at radius 1 is 0.800 bits per heavy atom. The number of aliphatic hydroxyl groups is 6. The van der Waals surface area contributed by atoms with Gasteiger partial charge in [-0.15, -0.1) is 0 Å². The van der Waals surface area contributed by atoms with E-state index in [1.165, 1.54) is 7.05 Å². The third kappa shape index (κ3) is 6.21. The fourth-order valence-corrected chi connectivity index (χ4v) is 5.74. The highest BCUT2D eigenvalue weighted by atomic mass is 16.8. The van der Waals surface area contributed by atoms with Gasteiger partial charge in [0.2, 0.25) is 0 Å². The Balaban J connectivity index is 1.44. The van der Waals surface area contributed by atoms with Crippen molar-refractivity contribution in [2.75, 3.05) is 13.7 Å². The molecule has 40 heavy (non-hydrogen) atoms. The van der Waals surface area contributed by atoms with E-state index in [4.69, 9.17) is 52.4 Å². The lowest BCUT2D eigenvalue weighted by atomic mass is 9.84. The minimum atomic E-state index is -1.64. The summed E-state index contributed by atoms with van der Waals surface area (Å²) >= 11 is 0. The maximum Gasteiger partial charge on any atom is 0.189 e. The van der Waals surface area contributed by atoms with Crippen molar-refractivity contribution >= 4 is 5.96 Å². The van der Waals surface area contributed by atoms with Gasteiger partial charge in [-0.3, -0.25) is 0 Å². The average molecular weight is 582 g/mol. The lowest BCUT2D eigenvalue weighted by Crippen LogP contribution is -2.70. The number of nitrogens with zero attached hydrogens (tertiary/aromatic N) is 1. The molecule has 17 N–H and O–H groups in total. The van der Waals surface area contributed by atoms with Crippen LogP contribution in [-0.4, -0.2) is 154 Å². The lowest BCUT2D eigenvalue weighted by molar-refractivity contribution is -0.373. The van der Waals surface area contributed by atoms with E-state index in [2.05, 4.69) is 10.3 Å². The third-order valence-corrected chi connectivity index (χ3v) is 7.95. The number of guanidine groups is 1. The van der Waals surface area contributed by atoms with Gasteiger partial charge in [-0.1, -0.05) is 0 Å². The van der Waals surface area contributed by atoms with Crippen LogP contribution in [0.25, 0.3) is 0 Å². The fourth-order valence-electron chi connectivity index (χ4n) is 5.74. The molecule has 18 nitrogen and oxygen atoms in total. The quantitative estimate of drug-likeness (QED) is 0.0980. The van der Waals surface area contributed by atoms with Gasteiger partial charge in [0.25, 0.3) is 0 Å². The van der Waals surface area contributed by atoms with Crippen LogP contribution in [-0.2, 0) is 23.7 Å². The molecule has 0 spiro atoms. The fraction of sp³-hybridized carbons (Fsp3) is 0.955. The van der Waals surface area contributed by atoms with Crippen molar-refractivity contribution in [3.63, 3.8) is 0 Å². The van der Waals surface area contributed by atoms with Crippen LogP contribution in [0.3, 0.4) is 0 Å². The summed E-state index contributed by atoms with van der Waals surface area (Å²) in [6, 6.07) is -4.26. The first kappa shape index (κ1) is 31.6. The van der Waals surface area contributed by atoms with Crippen LogP contribution in [0.1, 0.15) is 12.8 Å². The molecule has 4 fully saturated rings. The zero-order valence-electron chi connectivity index (χ0n) is 22.0. The van der Waals surface area contributed by atoms with Crippen LogP contribution in [0, 0.1) is 0 Å². The molecule has 0 radical (unpaired) electrons. The van der Waals surface area contributed by atoms with Crippen molar-refractivity contribution in [3.05, 3.63) is 0 Å². The Morgan fingerprint density at radius 2 is 1.50 bits per heavy atom. The van der Waals surface area contributed by atoms with Gasteiger partial charge in [0.05, 0.1) is 30.9 Å². The van der Waals surface area contributed by atoms with Crippen molar-refractivity contribution in [3.8, 4) is 0 Å². The van der Waals surface area contributed by atoms with Gasteiger partial charge < -0.3 is 88.3 Å². The maximum atomic E-state index is 11.2. The summed E-state index contributed by atoms with van der Waals surface area (Å²) in [7, 11) is 1.54. The van der Waals surface area contributed by atoms with Gasteiger partial charge in [-0.25, -0.2) is 4.99 Å². The van der Waals surface area contributed by atoms with E-state index in [0.717, 1.165) is 0 Å². The zero-order valence-corrected chi connectivity index (χ0v) is 22.0. The normalized spacial score (nSPS) is 51.6. The highest BCUT2D eigenvalue weighted by Crippen LogP contribution is 2.35. The van der Waals surface area contributed by atoms with E-state index >= 15 is 0 Å². The Hall–Kier alpha value is -1.33. The molecule has 1 aliphatic carbocycles. The number of fused-ring (bicyclic) bond motifs is 1. The monoisotopic (exact) mass is 581 g/mol. The van der Waals surface area contributed by atoms with Crippen molar-refractivity contribution in [2.24, 2.45) is 33.7 Å². The average Bonchev–Trinajstić information content (AvgIpc) is 2.90. The predicted molar refractivity (Wildman–Crippen MR) is 135 cm³/mol. The molecule has 3 heterocycles. The van der Waals surface area contributed by atoms with Crippen molar-refractivity contribution in [1.82, 2.24) is 5.32 Å². The number of aliphatic hydroxyl groups excluding tert-OH is 6. The van der Waals surface area contributed by atoms with E-state index in [1.54, 1.807) is 0 Å². The second-order valence-corrected chi connectivity index (χ2v) is 10.7. The molecule has 3 aliphatic heterocycles. The van der Waals surface area contributed by atoms with Gasteiger partial charge in [0.15, 0.2) is 24.8 Å². The van der Waals surface area contributed by atoms with E-state index < -0.39 is 111 Å². The second-order valence-electron chi connectivity index (χ2n) is 10.7. The van der Waals surface area contributed by atoms with Crippen molar-refractivity contribution in [1.29, 1.82) is 0 Å². The molecule has 10 unspecified atom stereocenters. The standard InChI is InChI=1S/C22H43N7O11/c1-28-11-14(33)18-8(3-7(25)19(39-18)38-17-6(24)2-5(23)12(31)15(17)34)36-20(11)40-21-16(35)13(32)10(29-22(26)27)9(4-30)37-21/h5-21,28,30-35H,2-4,23-25H2,1H3,(H4,26,27,29)/t5-,6?,7?,8+,9?,10-,11?,12-,13?,14?,15?,16?,17-,18?,19+,20?,21-/m1/s1. The molecule has 0 bridgehead atoms. The minimum absolute atomic E-state index is 0.130. The first-order valence-corrected chi connectivity index (χ1v) is 13.2. The van der Waals surface area contributed by atoms with Crippen LogP contribution in [0.15, 0.2) is 4.99 Å². The van der Waals surface area contributed by atoms with E-state index in [0.29, 0.717) is 0 Å². The summed E-state index contributed by atoms with van der Waals surface area (Å²) in [6.45, 7) is -0.591. The van der Waals surface area contributed by atoms with E-state index in [1.807, 2.05) is 0 Å². The first-order chi connectivity index (χ1) is 18.9.